The van der Waals surface area contributed by atoms with Crippen LogP contribution in [0.4, 0.5) is 11.4 Å². The molecule has 2 aromatic rings. The number of para-hydroxylation sites is 2. The second-order valence-corrected chi connectivity index (χ2v) is 5.79. The van der Waals surface area contributed by atoms with Crippen LogP contribution in [0.2, 0.25) is 0 Å². The lowest BCUT2D eigenvalue weighted by Gasteiger charge is -2.16. The van der Waals surface area contributed by atoms with Crippen molar-refractivity contribution in [1.82, 2.24) is 0 Å². The molecule has 0 aromatic heterocycles. The SMILES string of the molecule is I.NC(=NCCCC(=O)N1CCc2ccccc21)Nc1ccccc1. The van der Waals surface area contributed by atoms with Gasteiger partial charge in [-0.05, 0) is 36.6 Å². The largest absolute Gasteiger partial charge is 0.370 e. The molecule has 1 aliphatic rings. The van der Waals surface area contributed by atoms with Crippen LogP contribution >= 0.6 is 24.0 Å². The fourth-order valence-corrected chi connectivity index (χ4v) is 2.87. The number of hydrogen-bond donors (Lipinski definition) is 2. The molecular formula is C19H23IN4O. The third-order valence-corrected chi connectivity index (χ3v) is 4.07. The van der Waals surface area contributed by atoms with Crippen LogP contribution in [-0.2, 0) is 11.2 Å². The number of amides is 1. The maximum atomic E-state index is 12.4. The van der Waals surface area contributed by atoms with E-state index in [2.05, 4.69) is 16.4 Å². The molecule has 0 aliphatic carbocycles. The number of carbonyl (C=O) groups is 1. The third-order valence-electron chi connectivity index (χ3n) is 4.07. The van der Waals surface area contributed by atoms with E-state index in [0.717, 1.165) is 24.3 Å². The molecule has 5 nitrogen and oxygen atoms in total. The van der Waals surface area contributed by atoms with Crippen molar-refractivity contribution in [3.8, 4) is 0 Å². The Morgan fingerprint density at radius 3 is 2.64 bits per heavy atom. The third kappa shape index (κ3) is 5.19. The number of carbonyl (C=O) groups excluding carboxylic acids is 1. The summed E-state index contributed by atoms with van der Waals surface area (Å²) in [5.41, 5.74) is 9.06. The summed E-state index contributed by atoms with van der Waals surface area (Å²) in [6.07, 6.45) is 2.11. The van der Waals surface area contributed by atoms with Crippen LogP contribution in [-0.4, -0.2) is 25.0 Å². The lowest BCUT2D eigenvalue weighted by molar-refractivity contribution is -0.118. The van der Waals surface area contributed by atoms with Crippen molar-refractivity contribution in [3.63, 3.8) is 0 Å². The van der Waals surface area contributed by atoms with Crippen molar-refractivity contribution in [3.05, 3.63) is 60.2 Å². The van der Waals surface area contributed by atoms with Crippen molar-refractivity contribution in [2.24, 2.45) is 10.7 Å². The van der Waals surface area contributed by atoms with Gasteiger partial charge in [-0.15, -0.1) is 24.0 Å². The molecule has 0 unspecified atom stereocenters. The summed E-state index contributed by atoms with van der Waals surface area (Å²) in [5.74, 6) is 0.532. The first-order valence-electron chi connectivity index (χ1n) is 8.24. The van der Waals surface area contributed by atoms with Gasteiger partial charge in [0.25, 0.3) is 0 Å². The first-order valence-corrected chi connectivity index (χ1v) is 8.24. The van der Waals surface area contributed by atoms with Crippen molar-refractivity contribution >= 4 is 47.2 Å². The highest BCUT2D eigenvalue weighted by Crippen LogP contribution is 2.27. The molecule has 0 atom stereocenters. The van der Waals surface area contributed by atoms with Gasteiger partial charge in [-0.25, -0.2) is 0 Å². The molecule has 1 heterocycles. The Labute approximate surface area is 165 Å². The van der Waals surface area contributed by atoms with Gasteiger partial charge < -0.3 is 16.0 Å². The highest BCUT2D eigenvalue weighted by atomic mass is 127. The second-order valence-electron chi connectivity index (χ2n) is 5.79. The summed E-state index contributed by atoms with van der Waals surface area (Å²) in [4.78, 5) is 18.5. The molecule has 3 N–H and O–H groups in total. The van der Waals surface area contributed by atoms with Crippen LogP contribution < -0.4 is 16.0 Å². The Balaban J connectivity index is 0.00000225. The fraction of sp³-hybridized carbons (Fsp3) is 0.263. The van der Waals surface area contributed by atoms with E-state index < -0.39 is 0 Å². The molecule has 0 spiro atoms. The van der Waals surface area contributed by atoms with E-state index in [0.29, 0.717) is 25.3 Å². The number of nitrogens with one attached hydrogen (secondary N) is 1. The Bertz CT molecular complexity index is 733. The summed E-state index contributed by atoms with van der Waals surface area (Å²) in [6.45, 7) is 1.31. The number of benzene rings is 2. The van der Waals surface area contributed by atoms with Gasteiger partial charge in [-0.3, -0.25) is 9.79 Å². The Kier molecular flexibility index (Phi) is 7.24. The minimum atomic E-state index is 0. The number of hydrogen-bond acceptors (Lipinski definition) is 2. The summed E-state index contributed by atoms with van der Waals surface area (Å²) < 4.78 is 0. The quantitative estimate of drug-likeness (QED) is 0.318. The van der Waals surface area contributed by atoms with E-state index in [9.17, 15) is 4.79 Å². The summed E-state index contributed by atoms with van der Waals surface area (Å²) in [7, 11) is 0. The number of guanidine groups is 1. The molecule has 1 amide bonds. The Morgan fingerprint density at radius 2 is 1.84 bits per heavy atom. The molecule has 25 heavy (non-hydrogen) atoms. The first kappa shape index (κ1) is 19.2. The number of fused-ring (bicyclic) bond motifs is 1. The van der Waals surface area contributed by atoms with Crippen LogP contribution in [0, 0.1) is 0 Å². The maximum absolute atomic E-state index is 12.4. The van der Waals surface area contributed by atoms with Gasteiger partial charge in [-0.2, -0.15) is 0 Å². The zero-order chi connectivity index (χ0) is 16.8. The van der Waals surface area contributed by atoms with Crippen LogP contribution in [0.3, 0.4) is 0 Å². The van der Waals surface area contributed by atoms with Gasteiger partial charge in [0, 0.05) is 30.9 Å². The average Bonchev–Trinajstić information content (AvgIpc) is 3.03. The van der Waals surface area contributed by atoms with Gasteiger partial charge in [0.1, 0.15) is 0 Å². The number of nitrogens with two attached hydrogens (primary N) is 1. The molecular weight excluding hydrogens is 427 g/mol. The lowest BCUT2D eigenvalue weighted by Crippen LogP contribution is -2.28. The smallest absolute Gasteiger partial charge is 0.227 e. The summed E-state index contributed by atoms with van der Waals surface area (Å²) in [5, 5.41) is 3.03. The molecule has 0 radical (unpaired) electrons. The lowest BCUT2D eigenvalue weighted by atomic mass is 10.2. The molecule has 0 saturated carbocycles. The highest BCUT2D eigenvalue weighted by Gasteiger charge is 2.23. The Morgan fingerprint density at radius 1 is 1.12 bits per heavy atom. The number of halogens is 1. The average molecular weight is 450 g/mol. The van der Waals surface area contributed by atoms with E-state index in [1.165, 1.54) is 5.56 Å². The second kappa shape index (κ2) is 9.41. The molecule has 1 aliphatic heterocycles. The van der Waals surface area contributed by atoms with Gasteiger partial charge in [0.05, 0.1) is 0 Å². The van der Waals surface area contributed by atoms with Crippen LogP contribution in [0.1, 0.15) is 18.4 Å². The van der Waals surface area contributed by atoms with Gasteiger partial charge >= 0.3 is 0 Å². The van der Waals surface area contributed by atoms with Gasteiger partial charge in [0.2, 0.25) is 5.91 Å². The number of aliphatic imine (C=N–C) groups is 1. The molecule has 0 saturated heterocycles. The highest BCUT2D eigenvalue weighted by molar-refractivity contribution is 14.0. The summed E-state index contributed by atoms with van der Waals surface area (Å²) >= 11 is 0. The van der Waals surface area contributed by atoms with Crippen molar-refractivity contribution < 1.29 is 4.79 Å². The van der Waals surface area contributed by atoms with E-state index in [1.807, 2.05) is 53.4 Å². The number of anilines is 2. The molecule has 2 aromatic carbocycles. The van der Waals surface area contributed by atoms with Crippen LogP contribution in [0.15, 0.2) is 59.6 Å². The van der Waals surface area contributed by atoms with E-state index in [-0.39, 0.29) is 29.9 Å². The molecule has 3 rings (SSSR count). The summed E-state index contributed by atoms with van der Waals surface area (Å²) in [6, 6.07) is 17.8. The molecule has 0 fully saturated rings. The molecule has 132 valence electrons. The monoisotopic (exact) mass is 450 g/mol. The van der Waals surface area contributed by atoms with Gasteiger partial charge in [0.15, 0.2) is 5.96 Å². The van der Waals surface area contributed by atoms with Gasteiger partial charge in [-0.1, -0.05) is 36.4 Å². The van der Waals surface area contributed by atoms with E-state index >= 15 is 0 Å². The van der Waals surface area contributed by atoms with Crippen LogP contribution in [0.5, 0.6) is 0 Å². The number of rotatable bonds is 5. The predicted octanol–water partition coefficient (Wildman–Crippen LogP) is 3.40. The minimum absolute atomic E-state index is 0. The van der Waals surface area contributed by atoms with Crippen molar-refractivity contribution in [1.29, 1.82) is 0 Å². The standard InChI is InChI=1S/C19H22N4O.HI/c20-19(22-16-8-2-1-3-9-16)21-13-6-11-18(24)23-14-12-15-7-4-5-10-17(15)23;/h1-5,7-10H,6,11-14H2,(H3,20,21,22);1H. The van der Waals surface area contributed by atoms with E-state index in [1.54, 1.807) is 0 Å². The molecule has 6 heteroatoms. The zero-order valence-electron chi connectivity index (χ0n) is 14.0. The normalized spacial score (nSPS) is 13.1. The van der Waals surface area contributed by atoms with Crippen LogP contribution in [0.25, 0.3) is 0 Å². The fourth-order valence-electron chi connectivity index (χ4n) is 2.87. The maximum Gasteiger partial charge on any atom is 0.227 e. The zero-order valence-corrected chi connectivity index (χ0v) is 16.4. The minimum Gasteiger partial charge on any atom is -0.370 e. The molecule has 0 bridgehead atoms. The van der Waals surface area contributed by atoms with E-state index in [4.69, 9.17) is 5.73 Å². The van der Waals surface area contributed by atoms with Crippen molar-refractivity contribution in [2.45, 2.75) is 19.3 Å². The number of nitrogens with zero attached hydrogens (tertiary/aromatic N) is 2. The first-order chi connectivity index (χ1) is 11.7. The Hall–Kier alpha value is -2.09. The van der Waals surface area contributed by atoms with Crippen molar-refractivity contribution in [2.75, 3.05) is 23.3 Å². The predicted molar refractivity (Wildman–Crippen MR) is 114 cm³/mol. The topological polar surface area (TPSA) is 70.7 Å².